The quantitative estimate of drug-likeness (QED) is 0.182. The maximum Gasteiger partial charge on any atom is 0.250 e. The standard InChI is InChI=1S/C36H44N6O3.2ClH/c1-25-18-20-41(21-19-25)34(44)32(29-17-16-27-13-7-8-14-28(27)22-29)42-23-31(38-24-42)40-33(43)30(39-35(45)36(2,3)37)15-9-12-26-10-5-4-6-11-26;;/h4-8,10-11,13-14,16-17,22-25,30,32H,9,12,15,18-21,37H2,1-3H3,(H,39,45)(H,40,43);2*1H/t30-,32?;;/m1../s1. The van der Waals surface area contributed by atoms with Gasteiger partial charge in [-0.3, -0.25) is 14.4 Å². The lowest BCUT2D eigenvalue weighted by atomic mass is 9.96. The Kier molecular flexibility index (Phi) is 13.4. The Hall–Kier alpha value is -3.92. The number of fused-ring (bicyclic) bond motifs is 1. The third-order valence-corrected chi connectivity index (χ3v) is 8.58. The number of carbonyl (C=O) groups is 3. The van der Waals surface area contributed by atoms with E-state index in [9.17, 15) is 14.4 Å². The van der Waals surface area contributed by atoms with Crippen molar-refractivity contribution >= 4 is 59.1 Å². The van der Waals surface area contributed by atoms with Crippen molar-refractivity contribution in [2.75, 3.05) is 18.4 Å². The minimum Gasteiger partial charge on any atom is -0.343 e. The monoisotopic (exact) mass is 680 g/mol. The van der Waals surface area contributed by atoms with Crippen LogP contribution >= 0.6 is 24.8 Å². The summed E-state index contributed by atoms with van der Waals surface area (Å²) in [6.45, 7) is 6.86. The zero-order valence-electron chi connectivity index (χ0n) is 27.2. The Labute approximate surface area is 289 Å². The van der Waals surface area contributed by atoms with Crippen molar-refractivity contribution in [3.05, 3.63) is 96.4 Å². The van der Waals surface area contributed by atoms with Gasteiger partial charge in [0, 0.05) is 19.3 Å². The number of hydrogen-bond donors (Lipinski definition) is 3. The molecule has 1 aliphatic heterocycles. The highest BCUT2D eigenvalue weighted by atomic mass is 35.5. The van der Waals surface area contributed by atoms with Crippen molar-refractivity contribution in [1.82, 2.24) is 19.8 Å². The van der Waals surface area contributed by atoms with E-state index in [-0.39, 0.29) is 36.6 Å². The fourth-order valence-corrected chi connectivity index (χ4v) is 5.75. The largest absolute Gasteiger partial charge is 0.343 e. The first-order valence-electron chi connectivity index (χ1n) is 15.8. The zero-order valence-corrected chi connectivity index (χ0v) is 28.9. The molecule has 5 rings (SSSR count). The number of imidazole rings is 1. The summed E-state index contributed by atoms with van der Waals surface area (Å²) in [5.74, 6) is 0.105. The minimum atomic E-state index is -1.14. The van der Waals surface area contributed by atoms with Gasteiger partial charge in [-0.25, -0.2) is 4.98 Å². The third kappa shape index (κ3) is 9.79. The summed E-state index contributed by atoms with van der Waals surface area (Å²) >= 11 is 0. The number of rotatable bonds is 11. The molecular formula is C36H46Cl2N6O3. The molecule has 0 radical (unpaired) electrons. The van der Waals surface area contributed by atoms with Gasteiger partial charge in [0.1, 0.15) is 12.1 Å². The molecule has 3 amide bonds. The lowest BCUT2D eigenvalue weighted by Gasteiger charge is -2.33. The van der Waals surface area contributed by atoms with Crippen molar-refractivity contribution in [3.8, 4) is 0 Å². The van der Waals surface area contributed by atoms with Crippen molar-refractivity contribution in [3.63, 3.8) is 0 Å². The number of nitrogens with zero attached hydrogens (tertiary/aromatic N) is 3. The Morgan fingerprint density at radius 1 is 0.957 bits per heavy atom. The Morgan fingerprint density at radius 3 is 2.30 bits per heavy atom. The van der Waals surface area contributed by atoms with E-state index in [1.807, 2.05) is 71.6 Å². The highest BCUT2D eigenvalue weighted by molar-refractivity contribution is 5.98. The van der Waals surface area contributed by atoms with Crippen LogP contribution in [0.25, 0.3) is 10.8 Å². The van der Waals surface area contributed by atoms with Crippen molar-refractivity contribution in [2.24, 2.45) is 11.7 Å². The normalized spacial score (nSPS) is 14.8. The van der Waals surface area contributed by atoms with Gasteiger partial charge in [0.2, 0.25) is 17.7 Å². The predicted molar refractivity (Wildman–Crippen MR) is 192 cm³/mol. The molecule has 1 unspecified atom stereocenters. The van der Waals surface area contributed by atoms with E-state index in [2.05, 4.69) is 28.6 Å². The average molecular weight is 682 g/mol. The van der Waals surface area contributed by atoms with Crippen molar-refractivity contribution < 1.29 is 14.4 Å². The lowest BCUT2D eigenvalue weighted by Crippen LogP contribution is -2.54. The molecule has 4 aromatic rings. The smallest absolute Gasteiger partial charge is 0.250 e. The highest BCUT2D eigenvalue weighted by Gasteiger charge is 2.31. The van der Waals surface area contributed by atoms with Crippen LogP contribution in [0.2, 0.25) is 0 Å². The third-order valence-electron chi connectivity index (χ3n) is 8.58. The number of benzene rings is 3. The van der Waals surface area contributed by atoms with Crippen LogP contribution in [0.4, 0.5) is 5.82 Å². The first-order valence-corrected chi connectivity index (χ1v) is 15.8. The van der Waals surface area contributed by atoms with E-state index in [4.69, 9.17) is 5.73 Å². The maximum atomic E-state index is 14.1. The predicted octanol–water partition coefficient (Wildman–Crippen LogP) is 5.91. The summed E-state index contributed by atoms with van der Waals surface area (Å²) in [6, 6.07) is 22.7. The number of carbonyl (C=O) groups excluding carboxylic acids is 3. The second-order valence-corrected chi connectivity index (χ2v) is 12.8. The van der Waals surface area contributed by atoms with Crippen LogP contribution in [0.15, 0.2) is 85.3 Å². The van der Waals surface area contributed by atoms with Gasteiger partial charge in [0.25, 0.3) is 0 Å². The van der Waals surface area contributed by atoms with Crippen LogP contribution in [0.1, 0.15) is 63.6 Å². The van der Waals surface area contributed by atoms with E-state index in [1.165, 1.54) is 0 Å². The summed E-state index contributed by atoms with van der Waals surface area (Å²) < 4.78 is 1.77. The Bertz CT molecular complexity index is 1630. The molecule has 0 saturated carbocycles. The number of anilines is 1. The van der Waals surface area contributed by atoms with E-state index >= 15 is 0 Å². The van der Waals surface area contributed by atoms with Crippen LogP contribution in [0.3, 0.4) is 0 Å². The topological polar surface area (TPSA) is 122 Å². The van der Waals surface area contributed by atoms with Crippen LogP contribution in [0, 0.1) is 5.92 Å². The summed E-state index contributed by atoms with van der Waals surface area (Å²) in [5, 5.41) is 7.85. The number of piperidine rings is 1. The van der Waals surface area contributed by atoms with Gasteiger partial charge in [-0.2, -0.15) is 0 Å². The van der Waals surface area contributed by atoms with Gasteiger partial charge in [0.05, 0.1) is 11.9 Å². The molecule has 0 aliphatic carbocycles. The van der Waals surface area contributed by atoms with Gasteiger partial charge in [-0.1, -0.05) is 73.7 Å². The highest BCUT2D eigenvalue weighted by Crippen LogP contribution is 2.28. The molecule has 47 heavy (non-hydrogen) atoms. The Morgan fingerprint density at radius 2 is 1.62 bits per heavy atom. The molecule has 2 atom stereocenters. The second kappa shape index (κ2) is 16.8. The van der Waals surface area contributed by atoms with Crippen molar-refractivity contribution in [2.45, 2.75) is 70.5 Å². The molecule has 1 aliphatic rings. The summed E-state index contributed by atoms with van der Waals surface area (Å²) in [7, 11) is 0. The molecule has 1 saturated heterocycles. The zero-order chi connectivity index (χ0) is 32.0. The molecular weight excluding hydrogens is 635 g/mol. The number of hydrogen-bond acceptors (Lipinski definition) is 5. The Balaban J connectivity index is 0.00000300. The van der Waals surface area contributed by atoms with Crippen LogP contribution in [0.5, 0.6) is 0 Å². The van der Waals surface area contributed by atoms with E-state index in [0.29, 0.717) is 37.7 Å². The molecule has 3 aromatic carbocycles. The summed E-state index contributed by atoms with van der Waals surface area (Å²) in [4.78, 5) is 46.8. The fourth-order valence-electron chi connectivity index (χ4n) is 5.75. The molecule has 1 fully saturated rings. The number of amides is 3. The molecule has 1 aromatic heterocycles. The van der Waals surface area contributed by atoms with E-state index < -0.39 is 23.5 Å². The molecule has 4 N–H and O–H groups in total. The molecule has 11 heteroatoms. The second-order valence-electron chi connectivity index (χ2n) is 12.8. The number of halogens is 2. The number of likely N-dealkylation sites (tertiary alicyclic amines) is 1. The van der Waals surface area contributed by atoms with E-state index in [1.54, 1.807) is 30.9 Å². The SMILES string of the molecule is CC1CCN(C(=O)C(c2ccc3ccccc3c2)n2cnc(NC(=O)[C@@H](CCCc3ccccc3)NC(=O)C(C)(C)N)c2)CC1.Cl.Cl. The number of aryl methyl sites for hydroxylation is 1. The number of nitrogens with two attached hydrogens (primary N) is 1. The van der Waals surface area contributed by atoms with Gasteiger partial charge in [-0.05, 0) is 79.8 Å². The minimum absolute atomic E-state index is 0. The molecule has 2 heterocycles. The van der Waals surface area contributed by atoms with Crippen LogP contribution in [-0.2, 0) is 20.8 Å². The molecule has 0 spiro atoms. The van der Waals surface area contributed by atoms with Gasteiger partial charge >= 0.3 is 0 Å². The van der Waals surface area contributed by atoms with Crippen LogP contribution < -0.4 is 16.4 Å². The number of nitrogens with one attached hydrogen (secondary N) is 2. The van der Waals surface area contributed by atoms with Gasteiger partial charge in [0.15, 0.2) is 5.82 Å². The number of aromatic nitrogens is 2. The summed E-state index contributed by atoms with van der Waals surface area (Å²) in [6.07, 6.45) is 7.11. The molecule has 9 nitrogen and oxygen atoms in total. The first-order chi connectivity index (χ1) is 21.6. The van der Waals surface area contributed by atoms with E-state index in [0.717, 1.165) is 41.2 Å². The first kappa shape index (κ1) is 37.5. The average Bonchev–Trinajstić information content (AvgIpc) is 3.48. The van der Waals surface area contributed by atoms with Crippen LogP contribution in [-0.4, -0.2) is 56.8 Å². The van der Waals surface area contributed by atoms with Crippen molar-refractivity contribution in [1.29, 1.82) is 0 Å². The van der Waals surface area contributed by atoms with Gasteiger partial charge in [-0.15, -0.1) is 24.8 Å². The summed E-state index contributed by atoms with van der Waals surface area (Å²) in [5.41, 5.74) is 6.90. The maximum absolute atomic E-state index is 14.1. The van der Waals surface area contributed by atoms with Gasteiger partial charge < -0.3 is 25.8 Å². The molecule has 0 bridgehead atoms. The fraction of sp³-hybridized carbons (Fsp3) is 0.389. The molecule has 252 valence electrons. The lowest BCUT2D eigenvalue weighted by molar-refractivity contribution is -0.135.